The van der Waals surface area contributed by atoms with Crippen LogP contribution in [0.2, 0.25) is 0 Å². The third kappa shape index (κ3) is 6.38. The third-order valence-corrected chi connectivity index (χ3v) is 5.53. The van der Waals surface area contributed by atoms with Crippen molar-refractivity contribution in [1.29, 1.82) is 0 Å². The van der Waals surface area contributed by atoms with E-state index in [-0.39, 0.29) is 17.8 Å². The summed E-state index contributed by atoms with van der Waals surface area (Å²) >= 11 is 0. The van der Waals surface area contributed by atoms with Crippen LogP contribution in [0.4, 0.5) is 4.39 Å². The van der Waals surface area contributed by atoms with Crippen LogP contribution in [0.5, 0.6) is 0 Å². The predicted octanol–water partition coefficient (Wildman–Crippen LogP) is 3.77. The Morgan fingerprint density at radius 2 is 1.62 bits per heavy atom. The first-order valence-electron chi connectivity index (χ1n) is 10.5. The summed E-state index contributed by atoms with van der Waals surface area (Å²) in [6.07, 6.45) is 0.988. The summed E-state index contributed by atoms with van der Waals surface area (Å²) < 4.78 is 14.0. The van der Waals surface area contributed by atoms with E-state index in [1.165, 1.54) is 6.07 Å². The zero-order chi connectivity index (χ0) is 20.6. The van der Waals surface area contributed by atoms with Gasteiger partial charge in [-0.15, -0.1) is 0 Å². The average Bonchev–Trinajstić information content (AvgIpc) is 2.93. The lowest BCUT2D eigenvalue weighted by molar-refractivity contribution is -0.134. The SMILES string of the molecule is CC(C)N(Cc1ccccc1)C(=O)CN1CCCN(Cc2ccccc2F)CC1. The van der Waals surface area contributed by atoms with Gasteiger partial charge in [-0.2, -0.15) is 0 Å². The molecular weight excluding hydrogens is 365 g/mol. The van der Waals surface area contributed by atoms with Crippen LogP contribution in [0, 0.1) is 5.82 Å². The van der Waals surface area contributed by atoms with Crippen molar-refractivity contribution in [1.82, 2.24) is 14.7 Å². The van der Waals surface area contributed by atoms with E-state index in [2.05, 4.69) is 35.8 Å². The van der Waals surface area contributed by atoms with E-state index in [0.717, 1.165) is 43.7 Å². The van der Waals surface area contributed by atoms with Crippen LogP contribution in [-0.4, -0.2) is 59.4 Å². The van der Waals surface area contributed by atoms with Crippen LogP contribution in [0.25, 0.3) is 0 Å². The second kappa shape index (κ2) is 10.5. The Hall–Kier alpha value is -2.24. The van der Waals surface area contributed by atoms with Crippen LogP contribution in [-0.2, 0) is 17.9 Å². The lowest BCUT2D eigenvalue weighted by atomic mass is 10.2. The summed E-state index contributed by atoms with van der Waals surface area (Å²) in [5, 5.41) is 0. The van der Waals surface area contributed by atoms with Crippen LogP contribution in [0.1, 0.15) is 31.4 Å². The molecule has 29 heavy (non-hydrogen) atoms. The number of carbonyl (C=O) groups is 1. The first-order valence-corrected chi connectivity index (χ1v) is 10.5. The number of carbonyl (C=O) groups excluding carboxylic acids is 1. The first kappa shape index (κ1) is 21.5. The topological polar surface area (TPSA) is 26.8 Å². The summed E-state index contributed by atoms with van der Waals surface area (Å²) in [6, 6.07) is 17.3. The van der Waals surface area contributed by atoms with Gasteiger partial charge in [0.05, 0.1) is 6.54 Å². The highest BCUT2D eigenvalue weighted by Crippen LogP contribution is 2.14. The van der Waals surface area contributed by atoms with Gasteiger partial charge in [-0.05, 0) is 45.0 Å². The Morgan fingerprint density at radius 3 is 2.34 bits per heavy atom. The Morgan fingerprint density at radius 1 is 0.966 bits per heavy atom. The maximum absolute atomic E-state index is 14.0. The number of nitrogens with zero attached hydrogens (tertiary/aromatic N) is 3. The minimum Gasteiger partial charge on any atom is -0.335 e. The predicted molar refractivity (Wildman–Crippen MR) is 115 cm³/mol. The molecule has 0 atom stereocenters. The van der Waals surface area contributed by atoms with E-state index in [4.69, 9.17) is 0 Å². The van der Waals surface area contributed by atoms with Crippen molar-refractivity contribution < 1.29 is 9.18 Å². The van der Waals surface area contributed by atoms with Gasteiger partial charge in [0.2, 0.25) is 5.91 Å². The minimum atomic E-state index is -0.141. The molecule has 1 fully saturated rings. The molecule has 5 heteroatoms. The number of hydrogen-bond acceptors (Lipinski definition) is 3. The Kier molecular flexibility index (Phi) is 7.78. The molecule has 1 amide bonds. The molecule has 1 heterocycles. The van der Waals surface area contributed by atoms with E-state index in [1.807, 2.05) is 35.2 Å². The molecule has 4 nitrogen and oxygen atoms in total. The van der Waals surface area contributed by atoms with Crippen molar-refractivity contribution >= 4 is 5.91 Å². The Labute approximate surface area is 173 Å². The molecule has 0 aliphatic carbocycles. The molecule has 0 aromatic heterocycles. The van der Waals surface area contributed by atoms with Gasteiger partial charge in [-0.1, -0.05) is 48.5 Å². The van der Waals surface area contributed by atoms with E-state index in [0.29, 0.717) is 19.6 Å². The largest absolute Gasteiger partial charge is 0.335 e. The van der Waals surface area contributed by atoms with Gasteiger partial charge in [-0.3, -0.25) is 14.6 Å². The highest BCUT2D eigenvalue weighted by molar-refractivity contribution is 5.78. The van der Waals surface area contributed by atoms with Crippen LogP contribution in [0.3, 0.4) is 0 Å². The summed E-state index contributed by atoms with van der Waals surface area (Å²) in [5.41, 5.74) is 1.90. The first-order chi connectivity index (χ1) is 14.0. The molecule has 3 rings (SSSR count). The standard InChI is InChI=1S/C24H32FN3O/c1-20(2)28(17-21-9-4-3-5-10-21)24(29)19-27-14-8-13-26(15-16-27)18-22-11-6-7-12-23(22)25/h3-7,9-12,20H,8,13-19H2,1-2H3. The Balaban J connectivity index is 1.54. The fourth-order valence-electron chi connectivity index (χ4n) is 3.83. The molecule has 0 unspecified atom stereocenters. The zero-order valence-corrected chi connectivity index (χ0v) is 17.6. The summed E-state index contributed by atoms with van der Waals surface area (Å²) in [4.78, 5) is 19.5. The fraction of sp³-hybridized carbons (Fsp3) is 0.458. The van der Waals surface area contributed by atoms with Gasteiger partial charge in [0.15, 0.2) is 0 Å². The van der Waals surface area contributed by atoms with Crippen molar-refractivity contribution in [2.24, 2.45) is 0 Å². The van der Waals surface area contributed by atoms with E-state index in [9.17, 15) is 9.18 Å². The second-order valence-electron chi connectivity index (χ2n) is 8.10. The second-order valence-corrected chi connectivity index (χ2v) is 8.10. The molecule has 2 aromatic carbocycles. The van der Waals surface area contributed by atoms with Crippen molar-refractivity contribution in [3.63, 3.8) is 0 Å². The molecule has 2 aromatic rings. The van der Waals surface area contributed by atoms with Crippen molar-refractivity contribution in [3.05, 3.63) is 71.5 Å². The van der Waals surface area contributed by atoms with Crippen molar-refractivity contribution in [2.75, 3.05) is 32.7 Å². The van der Waals surface area contributed by atoms with Gasteiger partial charge in [0.25, 0.3) is 0 Å². The maximum Gasteiger partial charge on any atom is 0.237 e. The molecule has 1 aliphatic rings. The zero-order valence-electron chi connectivity index (χ0n) is 17.6. The van der Waals surface area contributed by atoms with E-state index < -0.39 is 0 Å². The number of rotatable bonds is 7. The molecule has 0 N–H and O–H groups in total. The van der Waals surface area contributed by atoms with Crippen LogP contribution < -0.4 is 0 Å². The third-order valence-electron chi connectivity index (χ3n) is 5.53. The van der Waals surface area contributed by atoms with E-state index >= 15 is 0 Å². The van der Waals surface area contributed by atoms with Crippen LogP contribution in [0.15, 0.2) is 54.6 Å². The highest BCUT2D eigenvalue weighted by atomic mass is 19.1. The molecule has 0 bridgehead atoms. The lowest BCUT2D eigenvalue weighted by Gasteiger charge is -2.30. The monoisotopic (exact) mass is 397 g/mol. The number of amides is 1. The summed E-state index contributed by atoms with van der Waals surface area (Å²) in [7, 11) is 0. The molecule has 0 radical (unpaired) electrons. The Bertz CT molecular complexity index is 781. The quantitative estimate of drug-likeness (QED) is 0.712. The molecule has 156 valence electrons. The summed E-state index contributed by atoms with van der Waals surface area (Å²) in [6.45, 7) is 9.36. The number of halogens is 1. The normalized spacial score (nSPS) is 16.0. The van der Waals surface area contributed by atoms with Gasteiger partial charge < -0.3 is 4.90 Å². The maximum atomic E-state index is 14.0. The van der Waals surface area contributed by atoms with Gasteiger partial charge in [-0.25, -0.2) is 4.39 Å². The number of hydrogen-bond donors (Lipinski definition) is 0. The van der Waals surface area contributed by atoms with E-state index in [1.54, 1.807) is 6.07 Å². The molecule has 1 saturated heterocycles. The molecule has 0 spiro atoms. The molecule has 0 saturated carbocycles. The van der Waals surface area contributed by atoms with Crippen LogP contribution >= 0.6 is 0 Å². The van der Waals surface area contributed by atoms with Gasteiger partial charge >= 0.3 is 0 Å². The van der Waals surface area contributed by atoms with Gasteiger partial charge in [0.1, 0.15) is 5.82 Å². The molecular formula is C24H32FN3O. The molecule has 1 aliphatic heterocycles. The lowest BCUT2D eigenvalue weighted by Crippen LogP contribution is -2.44. The minimum absolute atomic E-state index is 0.141. The van der Waals surface area contributed by atoms with Crippen molar-refractivity contribution in [3.8, 4) is 0 Å². The highest BCUT2D eigenvalue weighted by Gasteiger charge is 2.22. The average molecular weight is 398 g/mol. The smallest absolute Gasteiger partial charge is 0.237 e. The summed E-state index contributed by atoms with van der Waals surface area (Å²) in [5.74, 6) is 0.0312. The van der Waals surface area contributed by atoms with Crippen molar-refractivity contribution in [2.45, 2.75) is 39.4 Å². The number of benzene rings is 2. The fourth-order valence-corrected chi connectivity index (χ4v) is 3.83. The van der Waals surface area contributed by atoms with Gasteiger partial charge in [0, 0.05) is 37.8 Å².